The number of anilines is 2. The molecule has 0 saturated heterocycles. The fourth-order valence-corrected chi connectivity index (χ4v) is 4.63. The number of aromatic nitrogens is 3. The number of ether oxygens (including phenoxy) is 2. The summed E-state index contributed by atoms with van der Waals surface area (Å²) in [6, 6.07) is 13.6. The Morgan fingerprint density at radius 1 is 1.03 bits per heavy atom. The van der Waals surface area contributed by atoms with E-state index in [2.05, 4.69) is 15.4 Å². The smallest absolute Gasteiger partial charge is 0.241 e. The average Bonchev–Trinajstić information content (AvgIpc) is 3.17. The molecule has 2 aromatic carbocycles. The number of nitrogens with zero attached hydrogens (tertiary/aromatic N) is 3. The van der Waals surface area contributed by atoms with Gasteiger partial charge in [0, 0.05) is 17.7 Å². The van der Waals surface area contributed by atoms with E-state index in [9.17, 15) is 4.79 Å². The lowest BCUT2D eigenvalue weighted by Crippen LogP contribution is -2.33. The maximum Gasteiger partial charge on any atom is 0.241 e. The molecule has 0 unspecified atom stereocenters. The first-order chi connectivity index (χ1) is 15.5. The second-order valence-corrected chi connectivity index (χ2v) is 8.21. The Morgan fingerprint density at radius 3 is 2.47 bits per heavy atom. The molecule has 32 heavy (non-hydrogen) atoms. The minimum Gasteiger partial charge on any atom is -0.493 e. The zero-order valence-electron chi connectivity index (χ0n) is 18.3. The van der Waals surface area contributed by atoms with Crippen molar-refractivity contribution in [3.63, 3.8) is 0 Å². The van der Waals surface area contributed by atoms with Gasteiger partial charge in [-0.05, 0) is 42.5 Å². The van der Waals surface area contributed by atoms with Crippen LogP contribution < -0.4 is 20.5 Å². The number of nitrogen functional groups attached to an aromatic ring is 1. The molecule has 164 valence electrons. The van der Waals surface area contributed by atoms with Crippen molar-refractivity contribution >= 4 is 17.7 Å². The maximum absolute atomic E-state index is 13.5. The highest BCUT2D eigenvalue weighted by molar-refractivity contribution is 6.00. The molecule has 1 aliphatic carbocycles. The molecule has 0 spiro atoms. The Balaban J connectivity index is 1.57. The number of hydrogen-bond donors (Lipinski definition) is 2. The highest BCUT2D eigenvalue weighted by atomic mass is 16.5. The number of Topliss-reactive ketones (excluding diaryl/α,β-unsaturated/α-hetero) is 1. The minimum absolute atomic E-state index is 0.0130. The Hall–Kier alpha value is -3.81. The van der Waals surface area contributed by atoms with Crippen LogP contribution in [0.5, 0.6) is 11.5 Å². The third kappa shape index (κ3) is 3.28. The Labute approximate surface area is 186 Å². The Kier molecular flexibility index (Phi) is 4.84. The van der Waals surface area contributed by atoms with Crippen LogP contribution in [-0.4, -0.2) is 34.8 Å². The maximum atomic E-state index is 13.5. The quantitative estimate of drug-likeness (QED) is 0.650. The van der Waals surface area contributed by atoms with Gasteiger partial charge < -0.3 is 20.5 Å². The van der Waals surface area contributed by atoms with E-state index in [0.717, 1.165) is 28.0 Å². The first-order valence-electron chi connectivity index (χ1n) is 10.5. The minimum atomic E-state index is -0.356. The van der Waals surface area contributed by atoms with Gasteiger partial charge in [0.15, 0.2) is 17.3 Å². The van der Waals surface area contributed by atoms with Crippen LogP contribution in [0.3, 0.4) is 0 Å². The first-order valence-corrected chi connectivity index (χ1v) is 10.5. The summed E-state index contributed by atoms with van der Waals surface area (Å²) in [5.41, 5.74) is 10.7. The predicted octanol–water partition coefficient (Wildman–Crippen LogP) is 3.60. The van der Waals surface area contributed by atoms with Crippen LogP contribution >= 0.6 is 0 Å². The highest BCUT2D eigenvalue weighted by Crippen LogP contribution is 2.45. The fraction of sp³-hybridized carbons (Fsp3) is 0.292. The zero-order chi connectivity index (χ0) is 22.4. The van der Waals surface area contributed by atoms with Gasteiger partial charge in [-0.15, -0.1) is 5.10 Å². The van der Waals surface area contributed by atoms with Crippen LogP contribution in [0.25, 0.3) is 0 Å². The number of benzene rings is 2. The van der Waals surface area contributed by atoms with Gasteiger partial charge in [-0.2, -0.15) is 4.98 Å². The molecule has 1 aromatic heterocycles. The van der Waals surface area contributed by atoms with Gasteiger partial charge in [0.05, 0.1) is 14.2 Å². The van der Waals surface area contributed by atoms with E-state index in [1.807, 2.05) is 49.4 Å². The summed E-state index contributed by atoms with van der Waals surface area (Å²) in [7, 11) is 3.22. The molecule has 3 N–H and O–H groups in total. The van der Waals surface area contributed by atoms with E-state index in [-0.39, 0.29) is 23.7 Å². The molecule has 2 aliphatic rings. The average molecular weight is 431 g/mol. The monoisotopic (exact) mass is 431 g/mol. The number of rotatable bonds is 4. The van der Waals surface area contributed by atoms with Crippen molar-refractivity contribution in [3.05, 3.63) is 70.4 Å². The molecule has 2 heterocycles. The lowest BCUT2D eigenvalue weighted by atomic mass is 9.78. The molecule has 0 bridgehead atoms. The van der Waals surface area contributed by atoms with Crippen molar-refractivity contribution in [1.29, 1.82) is 0 Å². The van der Waals surface area contributed by atoms with E-state index >= 15 is 0 Å². The first kappa shape index (κ1) is 20.1. The van der Waals surface area contributed by atoms with Gasteiger partial charge in [-0.3, -0.25) is 4.79 Å². The molecule has 0 saturated carbocycles. The van der Waals surface area contributed by atoms with Crippen molar-refractivity contribution in [2.45, 2.75) is 31.7 Å². The summed E-state index contributed by atoms with van der Waals surface area (Å²) in [6.07, 6.45) is 1.07. The predicted molar refractivity (Wildman–Crippen MR) is 121 cm³/mol. The number of carbonyl (C=O) groups is 1. The van der Waals surface area contributed by atoms with E-state index in [4.69, 9.17) is 15.2 Å². The van der Waals surface area contributed by atoms with Gasteiger partial charge in [-0.1, -0.05) is 35.9 Å². The summed E-state index contributed by atoms with van der Waals surface area (Å²) in [5, 5.41) is 7.70. The fourth-order valence-electron chi connectivity index (χ4n) is 4.63. The third-order valence-corrected chi connectivity index (χ3v) is 6.21. The number of ketones is 1. The number of carbonyl (C=O) groups excluding carboxylic acids is 1. The number of fused-ring (bicyclic) bond motifs is 1. The van der Waals surface area contributed by atoms with Gasteiger partial charge >= 0.3 is 0 Å². The van der Waals surface area contributed by atoms with E-state index in [1.165, 1.54) is 0 Å². The SMILES string of the molecule is COc1ccc([C@H]2CC(=O)C3=C(C2)Nc2nc(N)nn2[C@H]3c2ccc(C)cc2)cc1OC. The van der Waals surface area contributed by atoms with Crippen LogP contribution in [0.4, 0.5) is 11.9 Å². The highest BCUT2D eigenvalue weighted by Gasteiger charge is 2.39. The summed E-state index contributed by atoms with van der Waals surface area (Å²) in [5.74, 6) is 2.14. The largest absolute Gasteiger partial charge is 0.493 e. The van der Waals surface area contributed by atoms with Crippen LogP contribution in [0.15, 0.2) is 53.7 Å². The van der Waals surface area contributed by atoms with Gasteiger partial charge in [0.25, 0.3) is 0 Å². The summed E-state index contributed by atoms with van der Waals surface area (Å²) in [6.45, 7) is 2.04. The van der Waals surface area contributed by atoms with Crippen molar-refractivity contribution in [1.82, 2.24) is 14.8 Å². The van der Waals surface area contributed by atoms with Gasteiger partial charge in [0.2, 0.25) is 11.9 Å². The molecule has 2 atom stereocenters. The zero-order valence-corrected chi connectivity index (χ0v) is 18.3. The molecule has 5 rings (SSSR count). The lowest BCUT2D eigenvalue weighted by Gasteiger charge is -2.35. The topological polar surface area (TPSA) is 104 Å². The van der Waals surface area contributed by atoms with Crippen molar-refractivity contribution in [2.75, 3.05) is 25.3 Å². The number of hydrogen-bond acceptors (Lipinski definition) is 7. The van der Waals surface area contributed by atoms with Crippen molar-refractivity contribution in [2.24, 2.45) is 0 Å². The van der Waals surface area contributed by atoms with E-state index in [1.54, 1.807) is 18.9 Å². The number of aryl methyl sites for hydroxylation is 1. The third-order valence-electron chi connectivity index (χ3n) is 6.21. The molecule has 3 aromatic rings. The van der Waals surface area contributed by atoms with Crippen molar-refractivity contribution < 1.29 is 14.3 Å². The van der Waals surface area contributed by atoms with Gasteiger partial charge in [0.1, 0.15) is 6.04 Å². The molecule has 1 aliphatic heterocycles. The molecule has 0 fully saturated rings. The molecule has 0 amide bonds. The van der Waals surface area contributed by atoms with E-state index in [0.29, 0.717) is 30.3 Å². The van der Waals surface area contributed by atoms with Gasteiger partial charge in [-0.25, -0.2) is 4.68 Å². The molecule has 8 heteroatoms. The Morgan fingerprint density at radius 2 is 1.75 bits per heavy atom. The number of nitrogens with one attached hydrogen (secondary N) is 1. The second-order valence-electron chi connectivity index (χ2n) is 8.21. The van der Waals surface area contributed by atoms with Crippen LogP contribution in [-0.2, 0) is 4.79 Å². The summed E-state index contributed by atoms with van der Waals surface area (Å²) < 4.78 is 12.5. The number of allylic oxidation sites excluding steroid dienone is 2. The normalized spacial score (nSPS) is 19.8. The lowest BCUT2D eigenvalue weighted by molar-refractivity contribution is -0.116. The van der Waals surface area contributed by atoms with Crippen LogP contribution in [0, 0.1) is 6.92 Å². The number of methoxy groups -OCH3 is 2. The molecular weight excluding hydrogens is 406 g/mol. The van der Waals surface area contributed by atoms with Crippen LogP contribution in [0.1, 0.15) is 41.5 Å². The molecule has 8 nitrogen and oxygen atoms in total. The van der Waals surface area contributed by atoms with Crippen LogP contribution in [0.2, 0.25) is 0 Å². The standard InChI is InChI=1S/C24H25N5O3/c1-13-4-6-14(7-5-13)22-21-17(26-24-27-23(25)28-29(22)24)10-16(11-18(21)30)15-8-9-19(31-2)20(12-15)32-3/h4-9,12,16,22H,10-11H2,1-3H3,(H3,25,26,27,28)/t16-,22+/m1/s1. The molecular formula is C24H25N5O3. The second kappa shape index (κ2) is 7.71. The summed E-state index contributed by atoms with van der Waals surface area (Å²) >= 11 is 0. The Bertz CT molecular complexity index is 1230. The van der Waals surface area contributed by atoms with E-state index < -0.39 is 0 Å². The molecule has 0 radical (unpaired) electrons. The van der Waals surface area contributed by atoms with Crippen molar-refractivity contribution in [3.8, 4) is 11.5 Å². The summed E-state index contributed by atoms with van der Waals surface area (Å²) in [4.78, 5) is 17.9. The number of nitrogens with two attached hydrogens (primary N) is 1.